The van der Waals surface area contributed by atoms with E-state index in [4.69, 9.17) is 9.84 Å². The SMILES string of the molecule is COc1cc(C)ccc1C(=O)CC(=O)O. The number of aliphatic carboxylic acids is 1. The third kappa shape index (κ3) is 2.80. The molecule has 0 saturated carbocycles. The second-order valence-corrected chi connectivity index (χ2v) is 3.20. The normalized spacial score (nSPS) is 9.73. The van der Waals surface area contributed by atoms with E-state index in [2.05, 4.69) is 0 Å². The molecule has 0 aliphatic rings. The highest BCUT2D eigenvalue weighted by atomic mass is 16.5. The first-order chi connectivity index (χ1) is 7.04. The van der Waals surface area contributed by atoms with Gasteiger partial charge in [0.2, 0.25) is 0 Å². The Labute approximate surface area is 87.5 Å². The molecule has 1 aromatic carbocycles. The van der Waals surface area contributed by atoms with Crippen LogP contribution in [0.15, 0.2) is 18.2 Å². The molecule has 0 bridgehead atoms. The van der Waals surface area contributed by atoms with Crippen LogP contribution < -0.4 is 4.74 Å². The molecule has 0 unspecified atom stereocenters. The zero-order chi connectivity index (χ0) is 11.4. The molecule has 4 nitrogen and oxygen atoms in total. The fourth-order valence-electron chi connectivity index (χ4n) is 1.26. The summed E-state index contributed by atoms with van der Waals surface area (Å²) in [5.74, 6) is -1.16. The van der Waals surface area contributed by atoms with Gasteiger partial charge in [-0.2, -0.15) is 0 Å². The molecule has 1 aromatic rings. The number of carboxylic acids is 1. The van der Waals surface area contributed by atoms with E-state index >= 15 is 0 Å². The second kappa shape index (κ2) is 4.59. The van der Waals surface area contributed by atoms with Crippen molar-refractivity contribution in [3.05, 3.63) is 29.3 Å². The predicted octanol–water partition coefficient (Wildman–Crippen LogP) is 1.66. The number of carbonyl (C=O) groups is 2. The maximum atomic E-state index is 11.5. The van der Waals surface area contributed by atoms with Crippen molar-refractivity contribution < 1.29 is 19.4 Å². The molecule has 15 heavy (non-hydrogen) atoms. The first kappa shape index (κ1) is 11.2. The number of carbonyl (C=O) groups excluding carboxylic acids is 1. The van der Waals surface area contributed by atoms with Gasteiger partial charge in [-0.15, -0.1) is 0 Å². The number of hydrogen-bond donors (Lipinski definition) is 1. The van der Waals surface area contributed by atoms with E-state index < -0.39 is 18.2 Å². The number of ether oxygens (including phenoxy) is 1. The van der Waals surface area contributed by atoms with Crippen LogP contribution in [0, 0.1) is 6.92 Å². The summed E-state index contributed by atoms with van der Waals surface area (Å²) in [6.07, 6.45) is -0.514. The van der Waals surface area contributed by atoms with Crippen molar-refractivity contribution in [2.75, 3.05) is 7.11 Å². The number of hydrogen-bond acceptors (Lipinski definition) is 3. The lowest BCUT2D eigenvalue weighted by Crippen LogP contribution is -2.08. The van der Waals surface area contributed by atoms with Gasteiger partial charge in [-0.1, -0.05) is 6.07 Å². The number of ketones is 1. The zero-order valence-corrected chi connectivity index (χ0v) is 8.61. The molecule has 1 rings (SSSR count). The van der Waals surface area contributed by atoms with Crippen LogP contribution in [0.2, 0.25) is 0 Å². The summed E-state index contributed by atoms with van der Waals surface area (Å²) in [4.78, 5) is 21.9. The highest BCUT2D eigenvalue weighted by Crippen LogP contribution is 2.21. The minimum atomic E-state index is -1.14. The van der Waals surface area contributed by atoms with Crippen LogP contribution >= 0.6 is 0 Å². The molecule has 0 aliphatic heterocycles. The summed E-state index contributed by atoms with van der Waals surface area (Å²) < 4.78 is 5.02. The molecule has 0 aromatic heterocycles. The number of aryl methyl sites for hydroxylation is 1. The lowest BCUT2D eigenvalue weighted by molar-refractivity contribution is -0.135. The van der Waals surface area contributed by atoms with Gasteiger partial charge in [-0.05, 0) is 24.6 Å². The van der Waals surface area contributed by atoms with Crippen molar-refractivity contribution in [2.45, 2.75) is 13.3 Å². The smallest absolute Gasteiger partial charge is 0.311 e. The zero-order valence-electron chi connectivity index (χ0n) is 8.61. The summed E-state index contributed by atoms with van der Waals surface area (Å²) in [5, 5.41) is 8.50. The Kier molecular flexibility index (Phi) is 3.44. The standard InChI is InChI=1S/C11H12O4/c1-7-3-4-8(10(5-7)15-2)9(12)6-11(13)14/h3-5H,6H2,1-2H3,(H,13,14). The molecule has 0 saturated heterocycles. The Hall–Kier alpha value is -1.84. The van der Waals surface area contributed by atoms with Gasteiger partial charge < -0.3 is 9.84 Å². The van der Waals surface area contributed by atoms with E-state index in [1.165, 1.54) is 7.11 Å². The summed E-state index contributed by atoms with van der Waals surface area (Å²) in [7, 11) is 1.45. The molecule has 0 radical (unpaired) electrons. The Balaban J connectivity index is 3.02. The molecule has 0 fully saturated rings. The van der Waals surface area contributed by atoms with Crippen molar-refractivity contribution in [1.82, 2.24) is 0 Å². The van der Waals surface area contributed by atoms with Crippen LogP contribution in [0.25, 0.3) is 0 Å². The third-order valence-corrected chi connectivity index (χ3v) is 1.97. The molecule has 0 atom stereocenters. The Bertz CT molecular complexity index is 396. The van der Waals surface area contributed by atoms with E-state index in [9.17, 15) is 9.59 Å². The van der Waals surface area contributed by atoms with Gasteiger partial charge in [0.05, 0.1) is 12.7 Å². The topological polar surface area (TPSA) is 63.6 Å². The molecule has 0 heterocycles. The molecule has 4 heteroatoms. The Morgan fingerprint density at radius 2 is 2.07 bits per heavy atom. The van der Waals surface area contributed by atoms with E-state index in [0.717, 1.165) is 5.56 Å². The van der Waals surface area contributed by atoms with Gasteiger partial charge in [-0.25, -0.2) is 0 Å². The monoisotopic (exact) mass is 208 g/mol. The van der Waals surface area contributed by atoms with Gasteiger partial charge in [0.25, 0.3) is 0 Å². The fourth-order valence-corrected chi connectivity index (χ4v) is 1.26. The van der Waals surface area contributed by atoms with Crippen molar-refractivity contribution in [1.29, 1.82) is 0 Å². The molecule has 1 N–H and O–H groups in total. The van der Waals surface area contributed by atoms with E-state index in [0.29, 0.717) is 11.3 Å². The molecule has 0 amide bonds. The van der Waals surface area contributed by atoms with E-state index in [-0.39, 0.29) is 0 Å². The van der Waals surface area contributed by atoms with Crippen LogP contribution in [0.5, 0.6) is 5.75 Å². The molecule has 0 spiro atoms. The van der Waals surface area contributed by atoms with Crippen molar-refractivity contribution in [3.8, 4) is 5.75 Å². The lowest BCUT2D eigenvalue weighted by Gasteiger charge is -2.07. The first-order valence-corrected chi connectivity index (χ1v) is 4.44. The largest absolute Gasteiger partial charge is 0.496 e. The van der Waals surface area contributed by atoms with E-state index in [1.807, 2.05) is 6.92 Å². The van der Waals surface area contributed by atoms with Gasteiger partial charge in [-0.3, -0.25) is 9.59 Å². The quantitative estimate of drug-likeness (QED) is 0.603. The Morgan fingerprint density at radius 3 is 2.60 bits per heavy atom. The predicted molar refractivity (Wildman–Crippen MR) is 54.3 cm³/mol. The Morgan fingerprint density at radius 1 is 1.40 bits per heavy atom. The number of benzene rings is 1. The van der Waals surface area contributed by atoms with Crippen molar-refractivity contribution >= 4 is 11.8 Å². The van der Waals surface area contributed by atoms with Crippen LogP contribution in [0.1, 0.15) is 22.3 Å². The summed E-state index contributed by atoms with van der Waals surface area (Å²) in [6, 6.07) is 5.03. The van der Waals surface area contributed by atoms with Crippen molar-refractivity contribution in [3.63, 3.8) is 0 Å². The first-order valence-electron chi connectivity index (χ1n) is 4.44. The van der Waals surface area contributed by atoms with Gasteiger partial charge in [0, 0.05) is 0 Å². The van der Waals surface area contributed by atoms with E-state index in [1.54, 1.807) is 18.2 Å². The highest BCUT2D eigenvalue weighted by molar-refractivity contribution is 6.07. The average molecular weight is 208 g/mol. The maximum absolute atomic E-state index is 11.5. The van der Waals surface area contributed by atoms with Gasteiger partial charge in [0.15, 0.2) is 5.78 Å². The average Bonchev–Trinajstić information content (AvgIpc) is 2.16. The number of Topliss-reactive ketones (excluding diaryl/α,β-unsaturated/α-hetero) is 1. The minimum absolute atomic E-state index is 0.311. The molecule has 80 valence electrons. The summed E-state index contributed by atoms with van der Waals surface area (Å²) in [5.41, 5.74) is 1.27. The maximum Gasteiger partial charge on any atom is 0.311 e. The number of carboxylic acid groups (broad SMARTS) is 1. The molecular formula is C11H12O4. The lowest BCUT2D eigenvalue weighted by atomic mass is 10.1. The molecular weight excluding hydrogens is 196 g/mol. The van der Waals surface area contributed by atoms with Crippen LogP contribution in [-0.4, -0.2) is 24.0 Å². The van der Waals surface area contributed by atoms with Crippen molar-refractivity contribution in [2.24, 2.45) is 0 Å². The minimum Gasteiger partial charge on any atom is -0.496 e. The highest BCUT2D eigenvalue weighted by Gasteiger charge is 2.15. The van der Waals surface area contributed by atoms with Gasteiger partial charge in [0.1, 0.15) is 12.2 Å². The number of methoxy groups -OCH3 is 1. The molecule has 0 aliphatic carbocycles. The summed E-state index contributed by atoms with van der Waals surface area (Å²) in [6.45, 7) is 1.87. The number of rotatable bonds is 4. The van der Waals surface area contributed by atoms with Gasteiger partial charge >= 0.3 is 5.97 Å². The van der Waals surface area contributed by atoms with Crippen LogP contribution in [0.3, 0.4) is 0 Å². The van der Waals surface area contributed by atoms with Crippen LogP contribution in [-0.2, 0) is 4.79 Å². The second-order valence-electron chi connectivity index (χ2n) is 3.20. The summed E-state index contributed by atoms with van der Waals surface area (Å²) >= 11 is 0. The fraction of sp³-hybridized carbons (Fsp3) is 0.273. The third-order valence-electron chi connectivity index (χ3n) is 1.97. The van der Waals surface area contributed by atoms with Crippen LogP contribution in [0.4, 0.5) is 0 Å².